The minimum Gasteiger partial charge on any atom is -0.327 e. The first-order chi connectivity index (χ1) is 8.65. The molecule has 2 rings (SSSR count). The number of hydrogen-bond donors (Lipinski definition) is 1. The third kappa shape index (κ3) is 3.84. The highest BCUT2D eigenvalue weighted by atomic mass is 15.3. The Morgan fingerprint density at radius 1 is 1.33 bits per heavy atom. The van der Waals surface area contributed by atoms with E-state index in [4.69, 9.17) is 5.73 Å². The van der Waals surface area contributed by atoms with Crippen LogP contribution < -0.4 is 5.73 Å². The molecule has 1 atom stereocenters. The lowest BCUT2D eigenvalue weighted by molar-refractivity contribution is 0.316. The van der Waals surface area contributed by atoms with Crippen LogP contribution in [0.15, 0.2) is 12.3 Å². The van der Waals surface area contributed by atoms with E-state index in [2.05, 4.69) is 31.2 Å². The highest BCUT2D eigenvalue weighted by Crippen LogP contribution is 2.27. The van der Waals surface area contributed by atoms with Crippen molar-refractivity contribution in [2.45, 2.75) is 70.9 Å². The molecule has 0 aromatic carbocycles. The van der Waals surface area contributed by atoms with Crippen molar-refractivity contribution < 1.29 is 0 Å². The molecule has 0 aliphatic heterocycles. The van der Waals surface area contributed by atoms with Crippen molar-refractivity contribution in [3.8, 4) is 0 Å². The van der Waals surface area contributed by atoms with Crippen LogP contribution in [0.5, 0.6) is 0 Å². The van der Waals surface area contributed by atoms with Crippen LogP contribution in [0.2, 0.25) is 0 Å². The standard InChI is InChI=1S/C15H27N3/c1-12(2)18-9-8-15(17-18)11-14(16)10-13-6-4-3-5-7-13/h8-9,12-14H,3-7,10-11,16H2,1-2H3. The molecule has 1 aromatic heterocycles. The Bertz CT molecular complexity index is 350. The molecule has 3 heteroatoms. The average Bonchev–Trinajstić information content (AvgIpc) is 2.78. The normalized spacial score (nSPS) is 19.3. The minimum atomic E-state index is 0.281. The molecule has 102 valence electrons. The Balaban J connectivity index is 1.80. The van der Waals surface area contributed by atoms with Crippen LogP contribution in [0.25, 0.3) is 0 Å². The van der Waals surface area contributed by atoms with E-state index in [0.717, 1.165) is 18.0 Å². The summed E-state index contributed by atoms with van der Waals surface area (Å²) in [7, 11) is 0. The van der Waals surface area contributed by atoms with E-state index >= 15 is 0 Å². The first-order valence-electron chi connectivity index (χ1n) is 7.44. The van der Waals surface area contributed by atoms with Gasteiger partial charge in [-0.25, -0.2) is 0 Å². The van der Waals surface area contributed by atoms with Gasteiger partial charge in [-0.05, 0) is 32.3 Å². The summed E-state index contributed by atoms with van der Waals surface area (Å²) in [6.45, 7) is 4.30. The Labute approximate surface area is 111 Å². The van der Waals surface area contributed by atoms with E-state index in [1.54, 1.807) is 0 Å². The monoisotopic (exact) mass is 249 g/mol. The topological polar surface area (TPSA) is 43.8 Å². The van der Waals surface area contributed by atoms with Crippen molar-refractivity contribution >= 4 is 0 Å². The number of nitrogens with zero attached hydrogens (tertiary/aromatic N) is 2. The number of nitrogens with two attached hydrogens (primary N) is 1. The van der Waals surface area contributed by atoms with Gasteiger partial charge in [0, 0.05) is 24.7 Å². The van der Waals surface area contributed by atoms with Crippen molar-refractivity contribution in [2.75, 3.05) is 0 Å². The van der Waals surface area contributed by atoms with E-state index < -0.39 is 0 Å². The summed E-state index contributed by atoms with van der Waals surface area (Å²) in [5.74, 6) is 0.862. The molecular formula is C15H27N3. The molecular weight excluding hydrogens is 222 g/mol. The molecule has 0 bridgehead atoms. The first kappa shape index (κ1) is 13.6. The van der Waals surface area contributed by atoms with Crippen molar-refractivity contribution in [2.24, 2.45) is 11.7 Å². The van der Waals surface area contributed by atoms with Gasteiger partial charge in [0.1, 0.15) is 0 Å². The lowest BCUT2D eigenvalue weighted by atomic mass is 9.84. The SMILES string of the molecule is CC(C)n1ccc(CC(N)CC2CCCCC2)n1. The highest BCUT2D eigenvalue weighted by molar-refractivity contribution is 5.02. The molecule has 2 N–H and O–H groups in total. The van der Waals surface area contributed by atoms with E-state index in [9.17, 15) is 0 Å². The second-order valence-electron chi connectivity index (χ2n) is 6.08. The van der Waals surface area contributed by atoms with Gasteiger partial charge in [0.15, 0.2) is 0 Å². The Kier molecular flexibility index (Phi) is 4.81. The number of aromatic nitrogens is 2. The molecule has 1 fully saturated rings. The smallest absolute Gasteiger partial charge is 0.0640 e. The fourth-order valence-electron chi connectivity index (χ4n) is 2.98. The summed E-state index contributed by atoms with van der Waals surface area (Å²) >= 11 is 0. The summed E-state index contributed by atoms with van der Waals surface area (Å²) in [6, 6.07) is 2.83. The van der Waals surface area contributed by atoms with Crippen LogP contribution in [0, 0.1) is 5.92 Å². The third-order valence-electron chi connectivity index (χ3n) is 4.02. The van der Waals surface area contributed by atoms with Gasteiger partial charge in [-0.3, -0.25) is 4.68 Å². The van der Waals surface area contributed by atoms with Gasteiger partial charge >= 0.3 is 0 Å². The molecule has 0 saturated heterocycles. The summed E-state index contributed by atoms with van der Waals surface area (Å²) in [5, 5.41) is 4.58. The Hall–Kier alpha value is -0.830. The quantitative estimate of drug-likeness (QED) is 0.870. The van der Waals surface area contributed by atoms with Crippen molar-refractivity contribution in [1.29, 1.82) is 0 Å². The van der Waals surface area contributed by atoms with E-state index in [-0.39, 0.29) is 6.04 Å². The van der Waals surface area contributed by atoms with Crippen LogP contribution in [-0.4, -0.2) is 15.8 Å². The average molecular weight is 249 g/mol. The fraction of sp³-hybridized carbons (Fsp3) is 0.800. The van der Waals surface area contributed by atoms with Gasteiger partial charge in [-0.1, -0.05) is 32.1 Å². The number of hydrogen-bond acceptors (Lipinski definition) is 2. The van der Waals surface area contributed by atoms with Gasteiger partial charge in [0.2, 0.25) is 0 Å². The molecule has 1 aromatic rings. The zero-order valence-electron chi connectivity index (χ0n) is 11.8. The van der Waals surface area contributed by atoms with Gasteiger partial charge in [-0.15, -0.1) is 0 Å². The maximum atomic E-state index is 6.27. The number of rotatable bonds is 5. The van der Waals surface area contributed by atoms with Crippen LogP contribution in [-0.2, 0) is 6.42 Å². The fourth-order valence-corrected chi connectivity index (χ4v) is 2.98. The first-order valence-corrected chi connectivity index (χ1v) is 7.44. The lowest BCUT2D eigenvalue weighted by Crippen LogP contribution is -2.27. The summed E-state index contributed by atoms with van der Waals surface area (Å²) in [5.41, 5.74) is 7.42. The predicted molar refractivity (Wildman–Crippen MR) is 75.5 cm³/mol. The molecule has 1 heterocycles. The molecule has 1 aliphatic carbocycles. The minimum absolute atomic E-state index is 0.281. The highest BCUT2D eigenvalue weighted by Gasteiger charge is 2.17. The molecule has 0 amide bonds. The van der Waals surface area contributed by atoms with Crippen LogP contribution in [0.1, 0.15) is 64.1 Å². The summed E-state index contributed by atoms with van der Waals surface area (Å²) < 4.78 is 2.02. The van der Waals surface area contributed by atoms with Gasteiger partial charge < -0.3 is 5.73 Å². The van der Waals surface area contributed by atoms with Crippen LogP contribution in [0.3, 0.4) is 0 Å². The zero-order valence-corrected chi connectivity index (χ0v) is 11.8. The van der Waals surface area contributed by atoms with Crippen molar-refractivity contribution in [1.82, 2.24) is 9.78 Å². The predicted octanol–water partition coefficient (Wildman–Crippen LogP) is 3.30. The molecule has 3 nitrogen and oxygen atoms in total. The molecule has 1 unspecified atom stereocenters. The molecule has 0 radical (unpaired) electrons. The zero-order chi connectivity index (χ0) is 13.0. The second-order valence-corrected chi connectivity index (χ2v) is 6.08. The molecule has 1 aliphatic rings. The van der Waals surface area contributed by atoms with Crippen LogP contribution >= 0.6 is 0 Å². The van der Waals surface area contributed by atoms with Gasteiger partial charge in [0.05, 0.1) is 5.69 Å². The second kappa shape index (κ2) is 6.37. The van der Waals surface area contributed by atoms with Crippen molar-refractivity contribution in [3.63, 3.8) is 0 Å². The van der Waals surface area contributed by atoms with E-state index in [1.807, 2.05) is 4.68 Å². The lowest BCUT2D eigenvalue weighted by Gasteiger charge is -2.24. The maximum absolute atomic E-state index is 6.27. The summed E-state index contributed by atoms with van der Waals surface area (Å²) in [4.78, 5) is 0. The van der Waals surface area contributed by atoms with E-state index in [0.29, 0.717) is 6.04 Å². The third-order valence-corrected chi connectivity index (χ3v) is 4.02. The molecule has 18 heavy (non-hydrogen) atoms. The van der Waals surface area contributed by atoms with Crippen LogP contribution in [0.4, 0.5) is 0 Å². The van der Waals surface area contributed by atoms with E-state index in [1.165, 1.54) is 38.5 Å². The molecule has 0 spiro atoms. The maximum Gasteiger partial charge on any atom is 0.0640 e. The summed E-state index contributed by atoms with van der Waals surface area (Å²) in [6.07, 6.45) is 11.2. The van der Waals surface area contributed by atoms with Gasteiger partial charge in [0.25, 0.3) is 0 Å². The van der Waals surface area contributed by atoms with Crippen molar-refractivity contribution in [3.05, 3.63) is 18.0 Å². The Morgan fingerprint density at radius 2 is 2.06 bits per heavy atom. The van der Waals surface area contributed by atoms with Gasteiger partial charge in [-0.2, -0.15) is 5.10 Å². The molecule has 1 saturated carbocycles. The largest absolute Gasteiger partial charge is 0.327 e. The Morgan fingerprint density at radius 3 is 2.67 bits per heavy atom.